The van der Waals surface area contributed by atoms with Crippen molar-refractivity contribution in [3.05, 3.63) is 65.2 Å². The maximum atomic E-state index is 12.8. The number of nitrogens with zero attached hydrogens (tertiary/aromatic N) is 2. The molecule has 8 nitrogen and oxygen atoms in total. The largest absolute Gasteiger partial charge is 0.482 e. The molecule has 1 unspecified atom stereocenters. The molecule has 8 heteroatoms. The number of fused-ring (bicyclic) bond motifs is 1. The minimum Gasteiger partial charge on any atom is -0.482 e. The van der Waals surface area contributed by atoms with Crippen molar-refractivity contribution in [2.45, 2.75) is 13.0 Å². The molecule has 0 aromatic heterocycles. The molecule has 0 radical (unpaired) electrons. The van der Waals surface area contributed by atoms with E-state index >= 15 is 0 Å². The van der Waals surface area contributed by atoms with E-state index in [2.05, 4.69) is 4.90 Å². The Balaban J connectivity index is 1.41. The molecule has 2 amide bonds. The molecule has 0 spiro atoms. The van der Waals surface area contributed by atoms with Crippen molar-refractivity contribution in [1.82, 2.24) is 9.80 Å². The Bertz CT molecular complexity index is 949. The van der Waals surface area contributed by atoms with E-state index in [1.165, 1.54) is 0 Å². The maximum Gasteiger partial charge on any atom is 0.344 e. The number of hydrogen-bond donors (Lipinski definition) is 0. The minimum atomic E-state index is -0.676. The van der Waals surface area contributed by atoms with Crippen LogP contribution in [0.1, 0.15) is 26.3 Å². The van der Waals surface area contributed by atoms with E-state index in [0.717, 1.165) is 10.5 Å². The van der Waals surface area contributed by atoms with E-state index in [0.29, 0.717) is 49.7 Å². The number of benzene rings is 2. The SMILES string of the molecule is Cc1ccc(OCC(=O)OC(CN2CCOCC2)CN2C(=O)c3ccccc3C2=O)cc1. The third kappa shape index (κ3) is 5.15. The number of carbonyl (C=O) groups is 3. The monoisotopic (exact) mass is 438 g/mol. The van der Waals surface area contributed by atoms with Gasteiger partial charge in [0, 0.05) is 19.6 Å². The van der Waals surface area contributed by atoms with Crippen molar-refractivity contribution in [2.75, 3.05) is 46.0 Å². The highest BCUT2D eigenvalue weighted by Gasteiger charge is 2.37. The summed E-state index contributed by atoms with van der Waals surface area (Å²) in [5, 5.41) is 0. The Morgan fingerprint density at radius 3 is 2.22 bits per heavy atom. The van der Waals surface area contributed by atoms with Crippen molar-refractivity contribution in [3.63, 3.8) is 0 Å². The molecule has 1 atom stereocenters. The summed E-state index contributed by atoms with van der Waals surface area (Å²) in [5.74, 6) is -0.730. The lowest BCUT2D eigenvalue weighted by Gasteiger charge is -2.31. The van der Waals surface area contributed by atoms with E-state index in [9.17, 15) is 14.4 Å². The molecule has 32 heavy (non-hydrogen) atoms. The lowest BCUT2D eigenvalue weighted by atomic mass is 10.1. The number of rotatable bonds is 8. The van der Waals surface area contributed by atoms with Crippen molar-refractivity contribution >= 4 is 17.8 Å². The summed E-state index contributed by atoms with van der Waals surface area (Å²) in [4.78, 5) is 41.3. The van der Waals surface area contributed by atoms with Crippen molar-refractivity contribution in [3.8, 4) is 5.75 Å². The van der Waals surface area contributed by atoms with Gasteiger partial charge in [-0.3, -0.25) is 19.4 Å². The van der Waals surface area contributed by atoms with Crippen molar-refractivity contribution < 1.29 is 28.6 Å². The molecule has 2 aliphatic rings. The van der Waals surface area contributed by atoms with Crippen molar-refractivity contribution in [2.24, 2.45) is 0 Å². The lowest BCUT2D eigenvalue weighted by molar-refractivity contribution is -0.153. The third-order valence-corrected chi connectivity index (χ3v) is 5.51. The first-order valence-electron chi connectivity index (χ1n) is 10.7. The van der Waals surface area contributed by atoms with E-state index in [-0.39, 0.29) is 25.0 Å². The molecule has 0 bridgehead atoms. The molecule has 1 saturated heterocycles. The predicted molar refractivity (Wildman–Crippen MR) is 116 cm³/mol. The molecule has 0 N–H and O–H groups in total. The topological polar surface area (TPSA) is 85.4 Å². The fraction of sp³-hybridized carbons (Fsp3) is 0.375. The predicted octanol–water partition coefficient (Wildman–Crippen LogP) is 1.91. The summed E-state index contributed by atoms with van der Waals surface area (Å²) in [5.41, 5.74) is 1.83. The van der Waals surface area contributed by atoms with Gasteiger partial charge in [-0.2, -0.15) is 0 Å². The van der Waals surface area contributed by atoms with E-state index < -0.39 is 12.1 Å². The van der Waals surface area contributed by atoms with Crippen LogP contribution in [0.2, 0.25) is 0 Å². The van der Waals surface area contributed by atoms with Gasteiger partial charge in [0.25, 0.3) is 11.8 Å². The quantitative estimate of drug-likeness (QED) is 0.460. The summed E-state index contributed by atoms with van der Waals surface area (Å²) >= 11 is 0. The van der Waals surface area contributed by atoms with Crippen LogP contribution >= 0.6 is 0 Å². The van der Waals surface area contributed by atoms with E-state index in [4.69, 9.17) is 14.2 Å². The van der Waals surface area contributed by atoms with Gasteiger partial charge in [-0.15, -0.1) is 0 Å². The lowest BCUT2D eigenvalue weighted by Crippen LogP contribution is -2.47. The van der Waals surface area contributed by atoms with Crippen LogP contribution < -0.4 is 4.74 Å². The van der Waals surface area contributed by atoms with E-state index in [1.54, 1.807) is 36.4 Å². The van der Waals surface area contributed by atoms with Crippen LogP contribution in [-0.2, 0) is 14.3 Å². The fourth-order valence-electron chi connectivity index (χ4n) is 3.81. The Morgan fingerprint density at radius 1 is 0.969 bits per heavy atom. The standard InChI is InChI=1S/C24H26N2O6/c1-17-6-8-18(9-7-17)31-16-22(27)32-19(14-25-10-12-30-13-11-25)15-26-23(28)20-4-2-3-5-21(20)24(26)29/h2-9,19H,10-16H2,1H3. The normalized spacial score (nSPS) is 17.2. The van der Waals surface area contributed by atoms with Crippen molar-refractivity contribution in [1.29, 1.82) is 0 Å². The molecular weight excluding hydrogens is 412 g/mol. The molecule has 0 aliphatic carbocycles. The summed E-state index contributed by atoms with van der Waals surface area (Å²) in [6, 6.07) is 14.1. The van der Waals surface area contributed by atoms with Gasteiger partial charge >= 0.3 is 5.97 Å². The summed E-state index contributed by atoms with van der Waals surface area (Å²) in [6.45, 7) is 4.64. The first kappa shape index (κ1) is 22.0. The fourth-order valence-corrected chi connectivity index (χ4v) is 3.81. The Hall–Kier alpha value is -3.23. The average Bonchev–Trinajstić information content (AvgIpc) is 3.04. The molecular formula is C24H26N2O6. The van der Waals surface area contributed by atoms with Gasteiger partial charge in [0.15, 0.2) is 6.61 Å². The second-order valence-electron chi connectivity index (χ2n) is 7.89. The van der Waals surface area contributed by atoms with Crippen LogP contribution in [0.25, 0.3) is 0 Å². The van der Waals surface area contributed by atoms with Gasteiger partial charge in [0.05, 0.1) is 30.9 Å². The number of carbonyl (C=O) groups excluding carboxylic acids is 3. The van der Waals surface area contributed by atoms with Crippen LogP contribution in [0.4, 0.5) is 0 Å². The highest BCUT2D eigenvalue weighted by atomic mass is 16.6. The average molecular weight is 438 g/mol. The molecule has 0 saturated carbocycles. The number of ether oxygens (including phenoxy) is 3. The molecule has 2 aromatic carbocycles. The van der Waals surface area contributed by atoms with Gasteiger partial charge in [-0.1, -0.05) is 29.8 Å². The third-order valence-electron chi connectivity index (χ3n) is 5.51. The zero-order chi connectivity index (χ0) is 22.5. The van der Waals surface area contributed by atoms with Gasteiger partial charge in [-0.25, -0.2) is 4.79 Å². The van der Waals surface area contributed by atoms with Gasteiger partial charge in [0.2, 0.25) is 0 Å². The zero-order valence-corrected chi connectivity index (χ0v) is 18.0. The number of aryl methyl sites for hydroxylation is 1. The van der Waals surface area contributed by atoms with Crippen LogP contribution in [0, 0.1) is 6.92 Å². The first-order chi connectivity index (χ1) is 15.5. The van der Waals surface area contributed by atoms with E-state index in [1.807, 2.05) is 19.1 Å². The number of esters is 1. The number of amides is 2. The smallest absolute Gasteiger partial charge is 0.344 e. The van der Waals surface area contributed by atoms with Gasteiger partial charge in [0.1, 0.15) is 11.9 Å². The Kier molecular flexibility index (Phi) is 6.82. The minimum absolute atomic E-state index is 0.0139. The van der Waals surface area contributed by atoms with Crippen LogP contribution in [0.15, 0.2) is 48.5 Å². The van der Waals surface area contributed by atoms with Crippen LogP contribution in [0.3, 0.4) is 0 Å². The molecule has 4 rings (SSSR count). The molecule has 168 valence electrons. The number of hydrogen-bond acceptors (Lipinski definition) is 7. The summed E-state index contributed by atoms with van der Waals surface area (Å²) in [7, 11) is 0. The molecule has 2 aromatic rings. The molecule has 2 heterocycles. The molecule has 1 fully saturated rings. The second-order valence-corrected chi connectivity index (χ2v) is 7.89. The van der Waals surface area contributed by atoms with Gasteiger partial charge < -0.3 is 14.2 Å². The molecule has 2 aliphatic heterocycles. The Labute approximate surface area is 186 Å². The van der Waals surface area contributed by atoms with Crippen LogP contribution in [0.5, 0.6) is 5.75 Å². The number of imide groups is 1. The second kappa shape index (κ2) is 9.93. The number of morpholine rings is 1. The van der Waals surface area contributed by atoms with Gasteiger partial charge in [-0.05, 0) is 31.2 Å². The van der Waals surface area contributed by atoms with Crippen LogP contribution in [-0.4, -0.2) is 79.7 Å². The Morgan fingerprint density at radius 2 is 1.59 bits per heavy atom. The first-order valence-corrected chi connectivity index (χ1v) is 10.7. The maximum absolute atomic E-state index is 12.8. The highest BCUT2D eigenvalue weighted by Crippen LogP contribution is 2.23. The zero-order valence-electron chi connectivity index (χ0n) is 18.0. The summed E-state index contributed by atoms with van der Waals surface area (Å²) < 4.78 is 16.6. The highest BCUT2D eigenvalue weighted by molar-refractivity contribution is 6.21. The summed E-state index contributed by atoms with van der Waals surface area (Å²) in [6.07, 6.45) is -0.676.